The topological polar surface area (TPSA) is 24.5 Å². The summed E-state index contributed by atoms with van der Waals surface area (Å²) in [5, 5.41) is 3.53. The van der Waals surface area contributed by atoms with E-state index in [0.29, 0.717) is 12.1 Å². The molecule has 1 aliphatic rings. The SMILES string of the molecule is CCCNC(C)c1ccc(N2CCC(OC)CC2)cc1. The van der Waals surface area contributed by atoms with Crippen LogP contribution in [-0.2, 0) is 4.74 Å². The lowest BCUT2D eigenvalue weighted by Gasteiger charge is -2.33. The molecule has 1 aromatic carbocycles. The van der Waals surface area contributed by atoms with E-state index >= 15 is 0 Å². The third-order valence-corrected chi connectivity index (χ3v) is 4.23. The Bertz CT molecular complexity index is 382. The molecule has 1 unspecified atom stereocenters. The molecule has 0 saturated carbocycles. The van der Waals surface area contributed by atoms with Gasteiger partial charge in [-0.1, -0.05) is 19.1 Å². The quantitative estimate of drug-likeness (QED) is 0.862. The van der Waals surface area contributed by atoms with Crippen LogP contribution in [0.3, 0.4) is 0 Å². The number of hydrogen-bond acceptors (Lipinski definition) is 3. The van der Waals surface area contributed by atoms with Gasteiger partial charge < -0.3 is 15.0 Å². The smallest absolute Gasteiger partial charge is 0.0605 e. The normalized spacial score (nSPS) is 18.2. The number of anilines is 1. The average molecular weight is 276 g/mol. The second-order valence-corrected chi connectivity index (χ2v) is 5.69. The first-order valence-corrected chi connectivity index (χ1v) is 7.85. The standard InChI is InChI=1S/C17H28N2O/c1-4-11-18-14(2)15-5-7-16(8-6-15)19-12-9-17(20-3)10-13-19/h5-8,14,17-18H,4,9-13H2,1-3H3. The van der Waals surface area contributed by atoms with Gasteiger partial charge in [-0.15, -0.1) is 0 Å². The highest BCUT2D eigenvalue weighted by molar-refractivity contribution is 5.48. The Hall–Kier alpha value is -1.06. The van der Waals surface area contributed by atoms with Crippen LogP contribution in [0.4, 0.5) is 5.69 Å². The summed E-state index contributed by atoms with van der Waals surface area (Å²) in [6, 6.07) is 9.46. The van der Waals surface area contributed by atoms with E-state index in [9.17, 15) is 0 Å². The first kappa shape index (κ1) is 15.3. The molecule has 1 N–H and O–H groups in total. The van der Waals surface area contributed by atoms with Crippen molar-refractivity contribution in [2.24, 2.45) is 0 Å². The Kier molecular flexibility index (Phi) is 5.86. The molecule has 3 heteroatoms. The Morgan fingerprint density at radius 3 is 2.45 bits per heavy atom. The molecule has 112 valence electrons. The summed E-state index contributed by atoms with van der Waals surface area (Å²) in [5.74, 6) is 0. The van der Waals surface area contributed by atoms with E-state index in [1.165, 1.54) is 17.7 Å². The monoisotopic (exact) mass is 276 g/mol. The summed E-state index contributed by atoms with van der Waals surface area (Å²) in [7, 11) is 1.82. The Morgan fingerprint density at radius 2 is 1.90 bits per heavy atom. The number of piperidine rings is 1. The lowest BCUT2D eigenvalue weighted by atomic mass is 10.0. The number of methoxy groups -OCH3 is 1. The van der Waals surface area contributed by atoms with Crippen molar-refractivity contribution in [1.29, 1.82) is 0 Å². The number of nitrogens with one attached hydrogen (secondary N) is 1. The number of benzene rings is 1. The largest absolute Gasteiger partial charge is 0.381 e. The summed E-state index contributed by atoms with van der Waals surface area (Å²) in [6.45, 7) is 7.71. The fourth-order valence-electron chi connectivity index (χ4n) is 2.80. The third-order valence-electron chi connectivity index (χ3n) is 4.23. The molecule has 20 heavy (non-hydrogen) atoms. The fraction of sp³-hybridized carbons (Fsp3) is 0.647. The van der Waals surface area contributed by atoms with Gasteiger partial charge in [-0.05, 0) is 50.4 Å². The van der Waals surface area contributed by atoms with E-state index in [1.54, 1.807) is 0 Å². The molecule has 1 saturated heterocycles. The van der Waals surface area contributed by atoms with Gasteiger partial charge in [0, 0.05) is 31.9 Å². The molecule has 3 nitrogen and oxygen atoms in total. The molecule has 0 spiro atoms. The van der Waals surface area contributed by atoms with Crippen molar-refractivity contribution in [3.05, 3.63) is 29.8 Å². The Balaban J connectivity index is 1.91. The maximum absolute atomic E-state index is 5.43. The first-order valence-electron chi connectivity index (χ1n) is 7.85. The van der Waals surface area contributed by atoms with Gasteiger partial charge in [0.1, 0.15) is 0 Å². The van der Waals surface area contributed by atoms with Crippen molar-refractivity contribution in [2.75, 3.05) is 31.6 Å². The number of nitrogens with zero attached hydrogens (tertiary/aromatic N) is 1. The lowest BCUT2D eigenvalue weighted by Crippen LogP contribution is -2.36. The Labute approximate surface area is 123 Å². The lowest BCUT2D eigenvalue weighted by molar-refractivity contribution is 0.0819. The highest BCUT2D eigenvalue weighted by Crippen LogP contribution is 2.23. The molecule has 0 aliphatic carbocycles. The average Bonchev–Trinajstić information content (AvgIpc) is 2.53. The number of hydrogen-bond donors (Lipinski definition) is 1. The van der Waals surface area contributed by atoms with Crippen molar-refractivity contribution in [3.8, 4) is 0 Å². The zero-order chi connectivity index (χ0) is 14.4. The van der Waals surface area contributed by atoms with Crippen molar-refractivity contribution in [2.45, 2.75) is 45.3 Å². The van der Waals surface area contributed by atoms with E-state index in [4.69, 9.17) is 4.74 Å². The summed E-state index contributed by atoms with van der Waals surface area (Å²) < 4.78 is 5.43. The zero-order valence-corrected chi connectivity index (χ0v) is 13.1. The summed E-state index contributed by atoms with van der Waals surface area (Å²) in [4.78, 5) is 2.46. The van der Waals surface area contributed by atoms with Crippen LogP contribution in [0.15, 0.2) is 24.3 Å². The van der Waals surface area contributed by atoms with Crippen molar-refractivity contribution in [3.63, 3.8) is 0 Å². The van der Waals surface area contributed by atoms with Gasteiger partial charge in [0.25, 0.3) is 0 Å². The van der Waals surface area contributed by atoms with Crippen LogP contribution in [0, 0.1) is 0 Å². The van der Waals surface area contributed by atoms with Crippen molar-refractivity contribution in [1.82, 2.24) is 5.32 Å². The summed E-state index contributed by atoms with van der Waals surface area (Å²) in [5.41, 5.74) is 2.71. The Morgan fingerprint density at radius 1 is 1.25 bits per heavy atom. The minimum Gasteiger partial charge on any atom is -0.381 e. The minimum atomic E-state index is 0.434. The van der Waals surface area contributed by atoms with E-state index < -0.39 is 0 Å². The molecule has 0 aromatic heterocycles. The van der Waals surface area contributed by atoms with E-state index in [-0.39, 0.29) is 0 Å². The maximum Gasteiger partial charge on any atom is 0.0605 e. The van der Waals surface area contributed by atoms with Crippen LogP contribution in [0.5, 0.6) is 0 Å². The van der Waals surface area contributed by atoms with Crippen molar-refractivity contribution >= 4 is 5.69 Å². The van der Waals surface area contributed by atoms with Crippen LogP contribution < -0.4 is 10.2 Å². The fourth-order valence-corrected chi connectivity index (χ4v) is 2.80. The predicted molar refractivity (Wildman–Crippen MR) is 85.4 cm³/mol. The number of rotatable bonds is 6. The van der Waals surface area contributed by atoms with Crippen LogP contribution in [0.25, 0.3) is 0 Å². The van der Waals surface area contributed by atoms with Crippen LogP contribution in [0.2, 0.25) is 0 Å². The summed E-state index contributed by atoms with van der Waals surface area (Å²) in [6.07, 6.45) is 3.89. The molecule has 0 amide bonds. The van der Waals surface area contributed by atoms with Gasteiger partial charge in [0.2, 0.25) is 0 Å². The summed E-state index contributed by atoms with van der Waals surface area (Å²) >= 11 is 0. The van der Waals surface area contributed by atoms with Gasteiger partial charge >= 0.3 is 0 Å². The first-order chi connectivity index (χ1) is 9.74. The van der Waals surface area contributed by atoms with Crippen LogP contribution in [0.1, 0.15) is 44.7 Å². The highest BCUT2D eigenvalue weighted by atomic mass is 16.5. The van der Waals surface area contributed by atoms with Crippen LogP contribution >= 0.6 is 0 Å². The zero-order valence-electron chi connectivity index (χ0n) is 13.1. The molecule has 0 bridgehead atoms. The van der Waals surface area contributed by atoms with E-state index in [2.05, 4.69) is 48.3 Å². The maximum atomic E-state index is 5.43. The second kappa shape index (κ2) is 7.65. The van der Waals surface area contributed by atoms with Gasteiger partial charge in [-0.25, -0.2) is 0 Å². The third kappa shape index (κ3) is 3.97. The highest BCUT2D eigenvalue weighted by Gasteiger charge is 2.18. The molecular weight excluding hydrogens is 248 g/mol. The minimum absolute atomic E-state index is 0.434. The molecule has 1 aliphatic heterocycles. The van der Waals surface area contributed by atoms with Gasteiger partial charge in [0.05, 0.1) is 6.10 Å². The van der Waals surface area contributed by atoms with E-state index in [0.717, 1.165) is 32.5 Å². The molecule has 2 rings (SSSR count). The molecule has 1 fully saturated rings. The molecule has 1 atom stereocenters. The van der Waals surface area contributed by atoms with E-state index in [1.807, 2.05) is 7.11 Å². The van der Waals surface area contributed by atoms with Gasteiger partial charge in [-0.3, -0.25) is 0 Å². The predicted octanol–water partition coefficient (Wildman–Crippen LogP) is 3.36. The second-order valence-electron chi connectivity index (χ2n) is 5.69. The molecule has 1 aromatic rings. The van der Waals surface area contributed by atoms with Crippen LogP contribution in [-0.4, -0.2) is 32.8 Å². The number of ether oxygens (including phenoxy) is 1. The van der Waals surface area contributed by atoms with Gasteiger partial charge in [0.15, 0.2) is 0 Å². The van der Waals surface area contributed by atoms with Gasteiger partial charge in [-0.2, -0.15) is 0 Å². The molecule has 1 heterocycles. The van der Waals surface area contributed by atoms with Crippen molar-refractivity contribution < 1.29 is 4.74 Å². The molecule has 0 radical (unpaired) electrons. The molecular formula is C17H28N2O.